The molecule has 0 bridgehead atoms. The highest BCUT2D eigenvalue weighted by atomic mass is 16.1. The minimum Gasteiger partial charge on any atom is -0.398 e. The summed E-state index contributed by atoms with van der Waals surface area (Å²) in [5.74, 6) is -1.29. The second kappa shape index (κ2) is 6.60. The van der Waals surface area contributed by atoms with E-state index >= 15 is 0 Å². The number of rotatable bonds is 4. The molecule has 0 heterocycles. The molecular formula is C20H18N4O2. The molecule has 8 N–H and O–H groups in total. The van der Waals surface area contributed by atoms with E-state index in [0.29, 0.717) is 33.6 Å². The first-order valence-corrected chi connectivity index (χ1v) is 7.88. The van der Waals surface area contributed by atoms with Crippen molar-refractivity contribution in [3.63, 3.8) is 0 Å². The van der Waals surface area contributed by atoms with Gasteiger partial charge in [0.2, 0.25) is 11.8 Å². The summed E-state index contributed by atoms with van der Waals surface area (Å²) in [7, 11) is 0. The highest BCUT2D eigenvalue weighted by Crippen LogP contribution is 2.41. The van der Waals surface area contributed by atoms with Gasteiger partial charge in [0.1, 0.15) is 0 Å². The number of anilines is 2. The van der Waals surface area contributed by atoms with Gasteiger partial charge in [0.15, 0.2) is 0 Å². The monoisotopic (exact) mass is 346 g/mol. The van der Waals surface area contributed by atoms with E-state index in [9.17, 15) is 9.59 Å². The Morgan fingerprint density at radius 2 is 0.923 bits per heavy atom. The number of nitrogen functional groups attached to an aromatic ring is 2. The first kappa shape index (κ1) is 17.0. The van der Waals surface area contributed by atoms with Crippen LogP contribution in [0.3, 0.4) is 0 Å². The van der Waals surface area contributed by atoms with Gasteiger partial charge in [0.05, 0.1) is 0 Å². The quantitative estimate of drug-likeness (QED) is 0.539. The lowest BCUT2D eigenvalue weighted by Gasteiger charge is -2.19. The standard InChI is InChI=1S/C20H18N4O2/c21-15-7-3-1-5-11(15)17-13(19(23)25)9-10-14(20(24)26)18(17)12-6-2-4-8-16(12)22/h1-10H,21-22H2,(H2,23,25)(H2,24,26). The molecule has 3 aromatic rings. The van der Waals surface area contributed by atoms with Crippen molar-refractivity contribution >= 4 is 23.2 Å². The zero-order valence-electron chi connectivity index (χ0n) is 13.9. The fraction of sp³-hybridized carbons (Fsp3) is 0. The summed E-state index contributed by atoms with van der Waals surface area (Å²) >= 11 is 0. The second-order valence-corrected chi connectivity index (χ2v) is 5.81. The molecule has 0 aliphatic rings. The summed E-state index contributed by atoms with van der Waals surface area (Å²) < 4.78 is 0. The Bertz CT molecular complexity index is 946. The lowest BCUT2D eigenvalue weighted by molar-refractivity contribution is 0.0989. The largest absolute Gasteiger partial charge is 0.398 e. The normalized spacial score (nSPS) is 10.5. The van der Waals surface area contributed by atoms with Crippen LogP contribution in [0.5, 0.6) is 0 Å². The van der Waals surface area contributed by atoms with E-state index in [1.54, 1.807) is 48.5 Å². The van der Waals surface area contributed by atoms with Gasteiger partial charge in [0.25, 0.3) is 0 Å². The number of para-hydroxylation sites is 2. The fourth-order valence-corrected chi connectivity index (χ4v) is 3.02. The van der Waals surface area contributed by atoms with Crippen LogP contribution in [0.2, 0.25) is 0 Å². The van der Waals surface area contributed by atoms with Gasteiger partial charge in [-0.3, -0.25) is 9.59 Å². The Morgan fingerprint density at radius 3 is 1.23 bits per heavy atom. The smallest absolute Gasteiger partial charge is 0.249 e. The summed E-state index contributed by atoms with van der Waals surface area (Å²) in [6, 6.07) is 17.0. The molecule has 2 amide bonds. The first-order chi connectivity index (χ1) is 12.4. The maximum atomic E-state index is 12.1. The number of hydrogen-bond donors (Lipinski definition) is 4. The van der Waals surface area contributed by atoms with Crippen LogP contribution in [0.1, 0.15) is 20.7 Å². The minimum absolute atomic E-state index is 0.228. The maximum absolute atomic E-state index is 12.1. The predicted molar refractivity (Wildman–Crippen MR) is 103 cm³/mol. The Kier molecular flexibility index (Phi) is 4.33. The molecule has 0 radical (unpaired) electrons. The van der Waals surface area contributed by atoms with Gasteiger partial charge >= 0.3 is 0 Å². The average molecular weight is 346 g/mol. The molecule has 0 spiro atoms. The molecular weight excluding hydrogens is 328 g/mol. The van der Waals surface area contributed by atoms with Gasteiger partial charge in [-0.2, -0.15) is 0 Å². The van der Waals surface area contributed by atoms with E-state index < -0.39 is 11.8 Å². The molecule has 0 aliphatic heterocycles. The number of benzene rings is 3. The number of carbonyl (C=O) groups is 2. The maximum Gasteiger partial charge on any atom is 0.249 e. The Morgan fingerprint density at radius 1 is 0.577 bits per heavy atom. The van der Waals surface area contributed by atoms with Crippen molar-refractivity contribution in [1.29, 1.82) is 0 Å². The molecule has 130 valence electrons. The van der Waals surface area contributed by atoms with E-state index in [1.165, 1.54) is 12.1 Å². The minimum atomic E-state index is -0.643. The molecule has 0 aromatic heterocycles. The zero-order valence-corrected chi connectivity index (χ0v) is 13.9. The molecule has 0 saturated carbocycles. The van der Waals surface area contributed by atoms with Crippen LogP contribution < -0.4 is 22.9 Å². The number of amides is 2. The van der Waals surface area contributed by atoms with Crippen molar-refractivity contribution < 1.29 is 9.59 Å². The van der Waals surface area contributed by atoms with E-state index in [0.717, 1.165) is 0 Å². The van der Waals surface area contributed by atoms with E-state index in [1.807, 2.05) is 0 Å². The average Bonchev–Trinajstić information content (AvgIpc) is 2.61. The van der Waals surface area contributed by atoms with Crippen molar-refractivity contribution in [1.82, 2.24) is 0 Å². The van der Waals surface area contributed by atoms with Crippen molar-refractivity contribution in [2.45, 2.75) is 0 Å². The summed E-state index contributed by atoms with van der Waals surface area (Å²) in [6.07, 6.45) is 0. The Balaban J connectivity index is 2.53. The van der Waals surface area contributed by atoms with Gasteiger partial charge in [-0.1, -0.05) is 36.4 Å². The molecule has 6 heteroatoms. The van der Waals surface area contributed by atoms with Crippen molar-refractivity contribution in [3.8, 4) is 22.3 Å². The molecule has 0 unspecified atom stereocenters. The molecule has 0 atom stereocenters. The first-order valence-electron chi connectivity index (χ1n) is 7.88. The van der Waals surface area contributed by atoms with Gasteiger partial charge in [0, 0.05) is 44.8 Å². The lowest BCUT2D eigenvalue weighted by Crippen LogP contribution is -2.18. The highest BCUT2D eigenvalue weighted by Gasteiger charge is 2.23. The summed E-state index contributed by atoms with van der Waals surface area (Å²) in [5.41, 5.74) is 26.8. The SMILES string of the molecule is NC(=O)c1ccc(C(N)=O)c(-c2ccccc2N)c1-c1ccccc1N. The molecule has 6 nitrogen and oxygen atoms in total. The van der Waals surface area contributed by atoms with E-state index in [4.69, 9.17) is 22.9 Å². The van der Waals surface area contributed by atoms with Crippen LogP contribution in [0.25, 0.3) is 22.3 Å². The zero-order chi connectivity index (χ0) is 18.8. The number of hydrogen-bond acceptors (Lipinski definition) is 4. The van der Waals surface area contributed by atoms with Gasteiger partial charge < -0.3 is 22.9 Å². The highest BCUT2D eigenvalue weighted by molar-refractivity contribution is 6.12. The van der Waals surface area contributed by atoms with Crippen LogP contribution in [0.15, 0.2) is 60.7 Å². The van der Waals surface area contributed by atoms with Crippen molar-refractivity contribution in [2.24, 2.45) is 11.5 Å². The summed E-state index contributed by atoms with van der Waals surface area (Å²) in [4.78, 5) is 24.2. The van der Waals surface area contributed by atoms with Crippen LogP contribution >= 0.6 is 0 Å². The Labute approximate surface area is 150 Å². The predicted octanol–water partition coefficient (Wildman–Crippen LogP) is 2.38. The van der Waals surface area contributed by atoms with Crippen LogP contribution in [0, 0.1) is 0 Å². The topological polar surface area (TPSA) is 138 Å². The van der Waals surface area contributed by atoms with Crippen molar-refractivity contribution in [2.75, 3.05) is 11.5 Å². The molecule has 26 heavy (non-hydrogen) atoms. The Hall–Kier alpha value is -3.80. The van der Waals surface area contributed by atoms with Crippen LogP contribution in [-0.4, -0.2) is 11.8 Å². The number of primary amides is 2. The van der Waals surface area contributed by atoms with Gasteiger partial charge in [-0.15, -0.1) is 0 Å². The lowest BCUT2D eigenvalue weighted by atomic mass is 9.85. The summed E-state index contributed by atoms with van der Waals surface area (Å²) in [6.45, 7) is 0. The molecule has 0 aliphatic carbocycles. The second-order valence-electron chi connectivity index (χ2n) is 5.81. The van der Waals surface area contributed by atoms with Gasteiger partial charge in [-0.05, 0) is 24.3 Å². The van der Waals surface area contributed by atoms with E-state index in [2.05, 4.69) is 0 Å². The molecule has 3 aromatic carbocycles. The molecule has 3 rings (SSSR count). The van der Waals surface area contributed by atoms with Crippen LogP contribution in [-0.2, 0) is 0 Å². The third-order valence-electron chi connectivity index (χ3n) is 4.20. The van der Waals surface area contributed by atoms with Crippen molar-refractivity contribution in [3.05, 3.63) is 71.8 Å². The molecule has 0 saturated heterocycles. The number of carbonyl (C=O) groups excluding carboxylic acids is 2. The summed E-state index contributed by atoms with van der Waals surface area (Å²) in [5, 5.41) is 0. The van der Waals surface area contributed by atoms with Crippen LogP contribution in [0.4, 0.5) is 11.4 Å². The fourth-order valence-electron chi connectivity index (χ4n) is 3.02. The van der Waals surface area contributed by atoms with E-state index in [-0.39, 0.29) is 11.1 Å². The third kappa shape index (κ3) is 2.84. The molecule has 0 fully saturated rings. The van der Waals surface area contributed by atoms with Gasteiger partial charge in [-0.25, -0.2) is 0 Å². The number of nitrogens with two attached hydrogens (primary N) is 4. The third-order valence-corrected chi connectivity index (χ3v) is 4.20.